The molecule has 2 aromatic carbocycles. The van der Waals surface area contributed by atoms with E-state index >= 15 is 0 Å². The van der Waals surface area contributed by atoms with Crippen LogP contribution in [0.15, 0.2) is 47.4 Å². The van der Waals surface area contributed by atoms with Crippen molar-refractivity contribution >= 4 is 27.5 Å². The van der Waals surface area contributed by atoms with Crippen LogP contribution in [0.1, 0.15) is 22.7 Å². The second kappa shape index (κ2) is 6.40. The van der Waals surface area contributed by atoms with Gasteiger partial charge in [-0.15, -0.1) is 0 Å². The number of hydrogen-bond acceptors (Lipinski definition) is 4. The van der Waals surface area contributed by atoms with Gasteiger partial charge in [0.05, 0.1) is 23.9 Å². The van der Waals surface area contributed by atoms with Crippen LogP contribution in [0.4, 0.5) is 5.69 Å². The van der Waals surface area contributed by atoms with Gasteiger partial charge >= 0.3 is 0 Å². The van der Waals surface area contributed by atoms with Crippen LogP contribution >= 0.6 is 0 Å². The maximum atomic E-state index is 13.3. The molecule has 150 valence electrons. The molecule has 3 aliphatic rings. The third-order valence-corrected chi connectivity index (χ3v) is 7.99. The normalized spacial score (nSPS) is 21.8. The van der Waals surface area contributed by atoms with E-state index < -0.39 is 10.0 Å². The van der Waals surface area contributed by atoms with Crippen LogP contribution in [0.2, 0.25) is 0 Å². The minimum Gasteiger partial charge on any atom is -0.333 e. The molecule has 0 aliphatic carbocycles. The number of carbonyl (C=O) groups excluding carboxylic acids is 2. The highest BCUT2D eigenvalue weighted by Crippen LogP contribution is 2.36. The van der Waals surface area contributed by atoms with E-state index in [4.69, 9.17) is 0 Å². The monoisotopic (exact) mass is 411 g/mol. The number of piperazine rings is 1. The quantitative estimate of drug-likeness (QED) is 0.747. The van der Waals surface area contributed by atoms with E-state index in [1.54, 1.807) is 24.1 Å². The molecule has 0 saturated carbocycles. The fourth-order valence-electron chi connectivity index (χ4n) is 4.59. The van der Waals surface area contributed by atoms with Crippen LogP contribution in [-0.4, -0.2) is 56.1 Å². The summed E-state index contributed by atoms with van der Waals surface area (Å²) in [4.78, 5) is 28.2. The topological polar surface area (TPSA) is 78.0 Å². The standard InChI is InChI=1S/C21H21N3O4S/c1-22-18-7-6-16(10-15(18)11-20(22)25)29(27,28)23-12-19-17-5-3-2-4-14(17)8-9-24(19)21(26)13-23/h2-7,10,19H,8-9,11-13H2,1H3. The van der Waals surface area contributed by atoms with Crippen LogP contribution in [0.25, 0.3) is 0 Å². The third kappa shape index (κ3) is 2.78. The van der Waals surface area contributed by atoms with Crippen LogP contribution < -0.4 is 4.90 Å². The van der Waals surface area contributed by atoms with E-state index in [1.165, 1.54) is 20.8 Å². The van der Waals surface area contributed by atoms with Crippen molar-refractivity contribution in [2.24, 2.45) is 0 Å². The van der Waals surface area contributed by atoms with Crippen molar-refractivity contribution in [2.45, 2.75) is 23.8 Å². The van der Waals surface area contributed by atoms with Gasteiger partial charge in [-0.3, -0.25) is 9.59 Å². The van der Waals surface area contributed by atoms with Crippen molar-refractivity contribution in [3.05, 3.63) is 59.2 Å². The smallest absolute Gasteiger partial charge is 0.243 e. The zero-order chi connectivity index (χ0) is 20.3. The molecule has 3 aliphatic heterocycles. The summed E-state index contributed by atoms with van der Waals surface area (Å²) < 4.78 is 28.0. The molecule has 5 rings (SSSR count). The molecule has 2 amide bonds. The van der Waals surface area contributed by atoms with Crippen molar-refractivity contribution in [3.63, 3.8) is 0 Å². The number of nitrogens with zero attached hydrogens (tertiary/aromatic N) is 3. The molecule has 8 heteroatoms. The van der Waals surface area contributed by atoms with Gasteiger partial charge in [-0.05, 0) is 41.3 Å². The number of rotatable bonds is 2. The Bertz CT molecular complexity index is 1140. The summed E-state index contributed by atoms with van der Waals surface area (Å²) in [6.45, 7) is 0.694. The highest BCUT2D eigenvalue weighted by Gasteiger charge is 2.41. The fourth-order valence-corrected chi connectivity index (χ4v) is 6.03. The molecule has 1 saturated heterocycles. The predicted octanol–water partition coefficient (Wildman–Crippen LogP) is 1.34. The molecule has 0 N–H and O–H groups in total. The third-order valence-electron chi connectivity index (χ3n) is 6.19. The number of anilines is 1. The van der Waals surface area contributed by atoms with E-state index in [0.29, 0.717) is 12.1 Å². The van der Waals surface area contributed by atoms with E-state index in [9.17, 15) is 18.0 Å². The molecule has 0 radical (unpaired) electrons. The Morgan fingerprint density at radius 1 is 1.00 bits per heavy atom. The average molecular weight is 411 g/mol. The first-order chi connectivity index (χ1) is 13.9. The lowest BCUT2D eigenvalue weighted by Crippen LogP contribution is -2.55. The summed E-state index contributed by atoms with van der Waals surface area (Å²) in [6, 6.07) is 12.4. The Balaban J connectivity index is 1.49. The van der Waals surface area contributed by atoms with Crippen molar-refractivity contribution in [1.29, 1.82) is 0 Å². The van der Waals surface area contributed by atoms with E-state index in [1.807, 2.05) is 24.3 Å². The summed E-state index contributed by atoms with van der Waals surface area (Å²) in [5.41, 5.74) is 3.62. The van der Waals surface area contributed by atoms with E-state index in [2.05, 4.69) is 0 Å². The first-order valence-electron chi connectivity index (χ1n) is 9.63. The van der Waals surface area contributed by atoms with Gasteiger partial charge in [0.2, 0.25) is 21.8 Å². The van der Waals surface area contributed by atoms with E-state index in [0.717, 1.165) is 17.7 Å². The van der Waals surface area contributed by atoms with Crippen LogP contribution in [0.5, 0.6) is 0 Å². The number of fused-ring (bicyclic) bond motifs is 4. The number of benzene rings is 2. The molecule has 29 heavy (non-hydrogen) atoms. The molecular formula is C21H21N3O4S. The number of carbonyl (C=O) groups is 2. The number of likely N-dealkylation sites (N-methyl/N-ethyl adjacent to an activating group) is 1. The minimum atomic E-state index is -3.85. The van der Waals surface area contributed by atoms with Gasteiger partial charge < -0.3 is 9.80 Å². The maximum absolute atomic E-state index is 13.3. The second-order valence-corrected chi connectivity index (χ2v) is 9.71. The Labute approximate surface area is 169 Å². The predicted molar refractivity (Wildman–Crippen MR) is 107 cm³/mol. The molecule has 0 aromatic heterocycles. The first-order valence-corrected chi connectivity index (χ1v) is 11.1. The molecule has 1 atom stereocenters. The maximum Gasteiger partial charge on any atom is 0.243 e. The van der Waals surface area contributed by atoms with Crippen molar-refractivity contribution < 1.29 is 18.0 Å². The van der Waals surface area contributed by atoms with Crippen molar-refractivity contribution in [3.8, 4) is 0 Å². The largest absolute Gasteiger partial charge is 0.333 e. The van der Waals surface area contributed by atoms with Gasteiger partial charge in [0.1, 0.15) is 0 Å². The minimum absolute atomic E-state index is 0.0582. The Morgan fingerprint density at radius 3 is 2.62 bits per heavy atom. The lowest BCUT2D eigenvalue weighted by atomic mass is 9.91. The zero-order valence-corrected chi connectivity index (χ0v) is 16.9. The summed E-state index contributed by atoms with van der Waals surface area (Å²) in [5.74, 6) is -0.229. The van der Waals surface area contributed by atoms with Gasteiger partial charge in [-0.2, -0.15) is 4.31 Å². The number of sulfonamides is 1. The zero-order valence-electron chi connectivity index (χ0n) is 16.0. The van der Waals surface area contributed by atoms with Gasteiger partial charge in [0.15, 0.2) is 0 Å². The van der Waals surface area contributed by atoms with Crippen LogP contribution in [0.3, 0.4) is 0 Å². The van der Waals surface area contributed by atoms with Gasteiger partial charge in [-0.1, -0.05) is 24.3 Å². The molecular weight excluding hydrogens is 390 g/mol. The molecule has 0 bridgehead atoms. The van der Waals surface area contributed by atoms with E-state index in [-0.39, 0.29) is 42.3 Å². The van der Waals surface area contributed by atoms with Crippen LogP contribution in [-0.2, 0) is 32.5 Å². The lowest BCUT2D eigenvalue weighted by molar-refractivity contribution is -0.138. The molecule has 1 fully saturated rings. The van der Waals surface area contributed by atoms with Crippen molar-refractivity contribution in [2.75, 3.05) is 31.6 Å². The molecule has 2 aromatic rings. The average Bonchev–Trinajstić information content (AvgIpc) is 3.01. The lowest BCUT2D eigenvalue weighted by Gasteiger charge is -2.44. The van der Waals surface area contributed by atoms with Gasteiger partial charge in [0.25, 0.3) is 0 Å². The number of amides is 2. The molecule has 1 unspecified atom stereocenters. The number of hydrogen-bond donors (Lipinski definition) is 0. The van der Waals surface area contributed by atoms with Gasteiger partial charge in [0, 0.05) is 25.8 Å². The molecule has 0 spiro atoms. The Kier molecular flexibility index (Phi) is 4.04. The SMILES string of the molecule is CN1C(=O)Cc2cc(S(=O)(=O)N3CC(=O)N4CCc5ccccc5C4C3)ccc21. The highest BCUT2D eigenvalue weighted by atomic mass is 32.2. The second-order valence-electron chi connectivity index (χ2n) is 7.77. The summed E-state index contributed by atoms with van der Waals surface area (Å²) >= 11 is 0. The molecule has 7 nitrogen and oxygen atoms in total. The Morgan fingerprint density at radius 2 is 1.79 bits per heavy atom. The van der Waals surface area contributed by atoms with Crippen molar-refractivity contribution in [1.82, 2.24) is 9.21 Å². The molecule has 3 heterocycles. The highest BCUT2D eigenvalue weighted by molar-refractivity contribution is 7.89. The first kappa shape index (κ1) is 18.3. The summed E-state index contributed by atoms with van der Waals surface area (Å²) in [5, 5.41) is 0. The van der Waals surface area contributed by atoms with Gasteiger partial charge in [-0.25, -0.2) is 8.42 Å². The Hall–Kier alpha value is -2.71. The van der Waals surface area contributed by atoms with Crippen LogP contribution in [0, 0.1) is 0 Å². The fraction of sp³-hybridized carbons (Fsp3) is 0.333. The summed E-state index contributed by atoms with van der Waals surface area (Å²) in [6.07, 6.45) is 0.982. The summed E-state index contributed by atoms with van der Waals surface area (Å²) in [7, 11) is -2.17.